The summed E-state index contributed by atoms with van der Waals surface area (Å²) in [6.45, 7) is 0. The van der Waals surface area contributed by atoms with E-state index in [9.17, 15) is 9.59 Å². The fourth-order valence-electron chi connectivity index (χ4n) is 2.56. The van der Waals surface area contributed by atoms with E-state index in [0.29, 0.717) is 17.0 Å². The number of rotatable bonds is 5. The van der Waals surface area contributed by atoms with Gasteiger partial charge in [0.05, 0.1) is 5.75 Å². The highest BCUT2D eigenvalue weighted by Gasteiger charge is 2.08. The number of amides is 2. The van der Waals surface area contributed by atoms with Crippen molar-refractivity contribution in [1.82, 2.24) is 4.90 Å². The van der Waals surface area contributed by atoms with Crippen molar-refractivity contribution >= 4 is 40.0 Å². The molecule has 0 saturated carbocycles. The van der Waals surface area contributed by atoms with Gasteiger partial charge >= 0.3 is 0 Å². The van der Waals surface area contributed by atoms with Gasteiger partial charge in [-0.2, -0.15) is 0 Å². The molecule has 2 amide bonds. The van der Waals surface area contributed by atoms with Crippen LogP contribution in [-0.2, 0) is 4.79 Å². The standard InChI is InChI=1S/C21H20N2O2S/c1-23(2)21(25)16-7-10-18(11-8-16)22-20(24)14-26-19-12-9-15-5-3-4-6-17(15)13-19/h3-13H,14H2,1-2H3,(H,22,24). The van der Waals surface area contributed by atoms with Gasteiger partial charge in [0, 0.05) is 30.2 Å². The van der Waals surface area contributed by atoms with Crippen LogP contribution in [-0.4, -0.2) is 36.6 Å². The maximum atomic E-state index is 12.2. The maximum Gasteiger partial charge on any atom is 0.253 e. The first-order chi connectivity index (χ1) is 12.5. The number of hydrogen-bond acceptors (Lipinski definition) is 3. The molecule has 0 aliphatic carbocycles. The number of nitrogens with one attached hydrogen (secondary N) is 1. The molecule has 0 aromatic heterocycles. The van der Waals surface area contributed by atoms with Crippen molar-refractivity contribution in [3.05, 3.63) is 72.3 Å². The molecule has 5 heteroatoms. The molecule has 26 heavy (non-hydrogen) atoms. The molecule has 0 unspecified atom stereocenters. The van der Waals surface area contributed by atoms with E-state index < -0.39 is 0 Å². The Morgan fingerprint density at radius 2 is 1.62 bits per heavy atom. The second-order valence-electron chi connectivity index (χ2n) is 6.12. The topological polar surface area (TPSA) is 49.4 Å². The summed E-state index contributed by atoms with van der Waals surface area (Å²) in [5.41, 5.74) is 1.28. The van der Waals surface area contributed by atoms with E-state index in [1.54, 1.807) is 38.4 Å². The Labute approximate surface area is 157 Å². The predicted octanol–water partition coefficient (Wildman–Crippen LogP) is 4.27. The lowest BCUT2D eigenvalue weighted by Crippen LogP contribution is -2.21. The van der Waals surface area contributed by atoms with Crippen molar-refractivity contribution in [2.45, 2.75) is 4.90 Å². The monoisotopic (exact) mass is 364 g/mol. The molecule has 0 spiro atoms. The van der Waals surface area contributed by atoms with Gasteiger partial charge in [0.25, 0.3) is 5.91 Å². The minimum atomic E-state index is -0.0742. The van der Waals surface area contributed by atoms with Crippen molar-refractivity contribution in [3.8, 4) is 0 Å². The summed E-state index contributed by atoms with van der Waals surface area (Å²) in [4.78, 5) is 26.6. The summed E-state index contributed by atoms with van der Waals surface area (Å²) in [6, 6.07) is 21.3. The molecule has 0 aliphatic rings. The Balaban J connectivity index is 1.57. The highest BCUT2D eigenvalue weighted by Crippen LogP contribution is 2.23. The maximum absolute atomic E-state index is 12.2. The van der Waals surface area contributed by atoms with Crippen LogP contribution in [0.1, 0.15) is 10.4 Å². The van der Waals surface area contributed by atoms with E-state index in [0.717, 1.165) is 4.90 Å². The van der Waals surface area contributed by atoms with Crippen LogP contribution in [0.25, 0.3) is 10.8 Å². The summed E-state index contributed by atoms with van der Waals surface area (Å²) in [5.74, 6) is 0.195. The molecule has 1 N–H and O–H groups in total. The lowest BCUT2D eigenvalue weighted by Gasteiger charge is -2.11. The van der Waals surface area contributed by atoms with Gasteiger partial charge < -0.3 is 10.2 Å². The Hall–Kier alpha value is -2.79. The molecule has 4 nitrogen and oxygen atoms in total. The molecular formula is C21H20N2O2S. The molecule has 0 aliphatic heterocycles. The number of anilines is 1. The van der Waals surface area contributed by atoms with Crippen LogP contribution < -0.4 is 5.32 Å². The van der Waals surface area contributed by atoms with Crippen LogP contribution in [0.5, 0.6) is 0 Å². The van der Waals surface area contributed by atoms with Crippen LogP contribution in [0, 0.1) is 0 Å². The van der Waals surface area contributed by atoms with Gasteiger partial charge in [-0.3, -0.25) is 9.59 Å². The van der Waals surface area contributed by atoms with Crippen molar-refractivity contribution < 1.29 is 9.59 Å². The molecule has 3 aromatic carbocycles. The smallest absolute Gasteiger partial charge is 0.253 e. The van der Waals surface area contributed by atoms with Crippen LogP contribution in [0.3, 0.4) is 0 Å². The summed E-state index contributed by atoms with van der Waals surface area (Å²) in [5, 5.41) is 5.21. The molecular weight excluding hydrogens is 344 g/mol. The second kappa shape index (κ2) is 8.06. The second-order valence-corrected chi connectivity index (χ2v) is 7.17. The average molecular weight is 364 g/mol. The summed E-state index contributed by atoms with van der Waals surface area (Å²) >= 11 is 1.50. The van der Waals surface area contributed by atoms with Crippen LogP contribution in [0.15, 0.2) is 71.6 Å². The third-order valence-corrected chi connectivity index (χ3v) is 4.91. The zero-order valence-corrected chi connectivity index (χ0v) is 15.5. The van der Waals surface area contributed by atoms with Crippen LogP contribution in [0.4, 0.5) is 5.69 Å². The first-order valence-electron chi connectivity index (χ1n) is 8.26. The fraction of sp³-hybridized carbons (Fsp3) is 0.143. The quantitative estimate of drug-likeness (QED) is 0.688. The third kappa shape index (κ3) is 4.43. The lowest BCUT2D eigenvalue weighted by molar-refractivity contribution is -0.113. The minimum absolute atomic E-state index is 0.0604. The zero-order chi connectivity index (χ0) is 18.5. The normalized spacial score (nSPS) is 10.5. The van der Waals surface area contributed by atoms with Gasteiger partial charge in [0.2, 0.25) is 5.91 Å². The molecule has 0 saturated heterocycles. The summed E-state index contributed by atoms with van der Waals surface area (Å²) < 4.78 is 0. The van der Waals surface area contributed by atoms with E-state index in [-0.39, 0.29) is 11.8 Å². The van der Waals surface area contributed by atoms with Gasteiger partial charge in [0.15, 0.2) is 0 Å². The fourth-order valence-corrected chi connectivity index (χ4v) is 3.30. The number of nitrogens with zero attached hydrogens (tertiary/aromatic N) is 1. The molecule has 0 bridgehead atoms. The number of hydrogen-bond donors (Lipinski definition) is 1. The van der Waals surface area contributed by atoms with Crippen LogP contribution in [0.2, 0.25) is 0 Å². The molecule has 0 heterocycles. The van der Waals surface area contributed by atoms with Gasteiger partial charge in [0.1, 0.15) is 0 Å². The van der Waals surface area contributed by atoms with Crippen molar-refractivity contribution in [1.29, 1.82) is 0 Å². The number of carbonyl (C=O) groups is 2. The van der Waals surface area contributed by atoms with Gasteiger partial charge in [-0.25, -0.2) is 0 Å². The van der Waals surface area contributed by atoms with E-state index in [2.05, 4.69) is 29.6 Å². The SMILES string of the molecule is CN(C)C(=O)c1ccc(NC(=O)CSc2ccc3ccccc3c2)cc1. The molecule has 0 atom stereocenters. The Bertz CT molecular complexity index is 936. The van der Waals surface area contributed by atoms with Gasteiger partial charge in [-0.1, -0.05) is 30.3 Å². The van der Waals surface area contributed by atoms with Crippen molar-refractivity contribution in [2.75, 3.05) is 25.2 Å². The Morgan fingerprint density at radius 3 is 2.31 bits per heavy atom. The Morgan fingerprint density at radius 1 is 0.923 bits per heavy atom. The van der Waals surface area contributed by atoms with E-state index in [4.69, 9.17) is 0 Å². The molecule has 3 aromatic rings. The highest BCUT2D eigenvalue weighted by atomic mass is 32.2. The lowest BCUT2D eigenvalue weighted by atomic mass is 10.1. The number of benzene rings is 3. The average Bonchev–Trinajstić information content (AvgIpc) is 2.66. The number of carbonyl (C=O) groups excluding carboxylic acids is 2. The molecule has 3 rings (SSSR count). The summed E-state index contributed by atoms with van der Waals surface area (Å²) in [7, 11) is 3.42. The largest absolute Gasteiger partial charge is 0.345 e. The van der Waals surface area contributed by atoms with Crippen molar-refractivity contribution in [3.63, 3.8) is 0 Å². The van der Waals surface area contributed by atoms with E-state index in [1.807, 2.05) is 18.2 Å². The number of fused-ring (bicyclic) bond motifs is 1. The first-order valence-corrected chi connectivity index (χ1v) is 9.24. The number of thioether (sulfide) groups is 1. The minimum Gasteiger partial charge on any atom is -0.345 e. The highest BCUT2D eigenvalue weighted by molar-refractivity contribution is 8.00. The molecule has 0 radical (unpaired) electrons. The van der Waals surface area contributed by atoms with Gasteiger partial charge in [-0.05, 0) is 47.2 Å². The zero-order valence-electron chi connectivity index (χ0n) is 14.7. The Kier molecular flexibility index (Phi) is 5.58. The van der Waals surface area contributed by atoms with Gasteiger partial charge in [-0.15, -0.1) is 11.8 Å². The third-order valence-electron chi connectivity index (χ3n) is 3.91. The van der Waals surface area contributed by atoms with Crippen molar-refractivity contribution in [2.24, 2.45) is 0 Å². The van der Waals surface area contributed by atoms with E-state index >= 15 is 0 Å². The van der Waals surface area contributed by atoms with E-state index in [1.165, 1.54) is 27.4 Å². The summed E-state index contributed by atoms with van der Waals surface area (Å²) in [6.07, 6.45) is 0. The first kappa shape index (κ1) is 18.0. The molecule has 0 fully saturated rings. The van der Waals surface area contributed by atoms with Crippen LogP contribution >= 0.6 is 11.8 Å². The predicted molar refractivity (Wildman–Crippen MR) is 108 cm³/mol. The molecule has 132 valence electrons.